The summed E-state index contributed by atoms with van der Waals surface area (Å²) in [5.74, 6) is -1.97. The molecule has 0 saturated carbocycles. The quantitative estimate of drug-likeness (QED) is 0.580. The summed E-state index contributed by atoms with van der Waals surface area (Å²) in [5, 5.41) is 34.8. The normalized spacial score (nSPS) is 9.11. The molecule has 0 aromatic heterocycles. The first-order valence-electron chi connectivity index (χ1n) is 5.00. The molecule has 18 heavy (non-hydrogen) atoms. The lowest BCUT2D eigenvalue weighted by Gasteiger charge is -1.99. The van der Waals surface area contributed by atoms with Gasteiger partial charge >= 0.3 is 5.97 Å². The van der Waals surface area contributed by atoms with Crippen molar-refractivity contribution in [2.75, 3.05) is 0 Å². The second-order valence-corrected chi connectivity index (χ2v) is 3.31. The fourth-order valence-electron chi connectivity index (χ4n) is 1.13. The van der Waals surface area contributed by atoms with E-state index < -0.39 is 17.5 Å². The van der Waals surface area contributed by atoms with Crippen LogP contribution in [0.3, 0.4) is 0 Å². The van der Waals surface area contributed by atoms with Gasteiger partial charge in [0.2, 0.25) is 0 Å². The smallest absolute Gasteiger partial charge is 0.339 e. The average Bonchev–Trinajstić information content (AvgIpc) is 2.34. The summed E-state index contributed by atoms with van der Waals surface area (Å²) < 4.78 is 0. The second-order valence-electron chi connectivity index (χ2n) is 3.31. The fraction of sp³-hybridized carbons (Fsp3) is 0. The predicted molar refractivity (Wildman–Crippen MR) is 64.8 cm³/mol. The molecule has 0 aliphatic carbocycles. The molecule has 0 fully saturated rings. The molecule has 5 nitrogen and oxygen atoms in total. The number of carboxylic acid groups (broad SMARTS) is 1. The number of rotatable bonds is 1. The van der Waals surface area contributed by atoms with Gasteiger partial charge in [0.1, 0.15) is 11.3 Å². The van der Waals surface area contributed by atoms with Gasteiger partial charge in [-0.2, -0.15) is 0 Å². The van der Waals surface area contributed by atoms with Crippen LogP contribution in [0.1, 0.15) is 10.4 Å². The molecule has 0 amide bonds. The Balaban J connectivity index is 0.000000199. The lowest BCUT2D eigenvalue weighted by Crippen LogP contribution is -1.95. The summed E-state index contributed by atoms with van der Waals surface area (Å²) in [6.07, 6.45) is 0. The Morgan fingerprint density at radius 3 is 1.83 bits per heavy atom. The molecule has 4 N–H and O–H groups in total. The number of phenols is 3. The summed E-state index contributed by atoms with van der Waals surface area (Å²) in [6.45, 7) is 0. The van der Waals surface area contributed by atoms with Gasteiger partial charge in [0.05, 0.1) is 0 Å². The van der Waals surface area contributed by atoms with Crippen LogP contribution in [0.2, 0.25) is 0 Å². The highest BCUT2D eigenvalue weighted by Gasteiger charge is 2.11. The Labute approximate surface area is 103 Å². The maximum absolute atomic E-state index is 10.3. The Morgan fingerprint density at radius 1 is 0.833 bits per heavy atom. The monoisotopic (exact) mass is 248 g/mol. The molecule has 0 aliphatic heterocycles. The topological polar surface area (TPSA) is 98.0 Å². The summed E-state index contributed by atoms with van der Waals surface area (Å²) in [7, 11) is 0. The number of hydrogen-bond acceptors (Lipinski definition) is 4. The third-order valence-electron chi connectivity index (χ3n) is 2.00. The number of aromatic hydroxyl groups is 3. The molecule has 0 bridgehead atoms. The molecule has 2 rings (SSSR count). The van der Waals surface area contributed by atoms with Crippen molar-refractivity contribution in [3.05, 3.63) is 54.1 Å². The Hall–Kier alpha value is -2.69. The first-order valence-corrected chi connectivity index (χ1v) is 5.00. The lowest BCUT2D eigenvalue weighted by atomic mass is 10.2. The van der Waals surface area contributed by atoms with Gasteiger partial charge in [-0.1, -0.05) is 24.3 Å². The molecule has 0 heterocycles. The standard InChI is InChI=1S/C7H6O4.C6H6O/c8-5-3-1-2-4(6(5)9)7(10)11;7-6-4-2-1-3-5-6/h1-3,8-9H,(H,10,11);1-5,7H. The van der Waals surface area contributed by atoms with E-state index in [1.165, 1.54) is 18.2 Å². The predicted octanol–water partition coefficient (Wildman–Crippen LogP) is 2.19. The molecule has 0 spiro atoms. The molecule has 5 heteroatoms. The van der Waals surface area contributed by atoms with Crippen molar-refractivity contribution >= 4 is 5.97 Å². The van der Waals surface area contributed by atoms with Crippen molar-refractivity contribution in [1.82, 2.24) is 0 Å². The molecule has 0 unspecified atom stereocenters. The minimum absolute atomic E-state index is 0.301. The zero-order chi connectivity index (χ0) is 13.5. The number of hydrogen-bond donors (Lipinski definition) is 4. The van der Waals surface area contributed by atoms with Gasteiger partial charge < -0.3 is 20.4 Å². The number of benzene rings is 2. The lowest BCUT2D eigenvalue weighted by molar-refractivity contribution is 0.0693. The average molecular weight is 248 g/mol. The maximum Gasteiger partial charge on any atom is 0.339 e. The highest BCUT2D eigenvalue weighted by atomic mass is 16.4. The highest BCUT2D eigenvalue weighted by molar-refractivity contribution is 5.91. The summed E-state index contributed by atoms with van der Waals surface area (Å²) in [4.78, 5) is 10.3. The molecule has 2 aromatic rings. The van der Waals surface area contributed by atoms with E-state index in [1.807, 2.05) is 6.07 Å². The van der Waals surface area contributed by atoms with Crippen LogP contribution in [0.4, 0.5) is 0 Å². The zero-order valence-corrected chi connectivity index (χ0v) is 9.32. The van der Waals surface area contributed by atoms with Gasteiger partial charge in [-0.05, 0) is 24.3 Å². The molecule has 2 aromatic carbocycles. The van der Waals surface area contributed by atoms with E-state index in [-0.39, 0.29) is 5.56 Å². The SMILES string of the molecule is O=C(O)c1cccc(O)c1O.Oc1ccccc1. The first kappa shape index (κ1) is 13.4. The van der Waals surface area contributed by atoms with E-state index in [9.17, 15) is 4.79 Å². The van der Waals surface area contributed by atoms with Crippen molar-refractivity contribution in [2.45, 2.75) is 0 Å². The third-order valence-corrected chi connectivity index (χ3v) is 2.00. The van der Waals surface area contributed by atoms with E-state index in [4.69, 9.17) is 20.4 Å². The molecule has 0 aliphatic rings. The van der Waals surface area contributed by atoms with E-state index in [1.54, 1.807) is 24.3 Å². The van der Waals surface area contributed by atoms with Crippen molar-refractivity contribution in [1.29, 1.82) is 0 Å². The molecule has 0 radical (unpaired) electrons. The van der Waals surface area contributed by atoms with Crippen LogP contribution in [0.15, 0.2) is 48.5 Å². The van der Waals surface area contributed by atoms with E-state index in [2.05, 4.69) is 0 Å². The Bertz CT molecular complexity index is 522. The number of carbonyl (C=O) groups is 1. The summed E-state index contributed by atoms with van der Waals surface area (Å²) >= 11 is 0. The van der Waals surface area contributed by atoms with E-state index in [0.717, 1.165) is 0 Å². The molecular weight excluding hydrogens is 236 g/mol. The minimum Gasteiger partial charge on any atom is -0.508 e. The summed E-state index contributed by atoms with van der Waals surface area (Å²) in [5.41, 5.74) is -0.301. The van der Waals surface area contributed by atoms with Gasteiger partial charge in [0, 0.05) is 0 Å². The van der Waals surface area contributed by atoms with Crippen LogP contribution in [-0.4, -0.2) is 26.4 Å². The summed E-state index contributed by atoms with van der Waals surface area (Å²) in [6, 6.07) is 12.5. The first-order chi connectivity index (χ1) is 8.52. The Kier molecular flexibility index (Phi) is 4.57. The van der Waals surface area contributed by atoms with Crippen LogP contribution < -0.4 is 0 Å². The van der Waals surface area contributed by atoms with Gasteiger partial charge in [0.25, 0.3) is 0 Å². The minimum atomic E-state index is -1.27. The van der Waals surface area contributed by atoms with Crippen molar-refractivity contribution in [3.63, 3.8) is 0 Å². The highest BCUT2D eigenvalue weighted by Crippen LogP contribution is 2.27. The third kappa shape index (κ3) is 3.71. The molecule has 0 saturated heterocycles. The van der Waals surface area contributed by atoms with Crippen molar-refractivity contribution in [3.8, 4) is 17.2 Å². The second kappa shape index (κ2) is 6.15. The largest absolute Gasteiger partial charge is 0.508 e. The van der Waals surface area contributed by atoms with Crippen LogP contribution in [0, 0.1) is 0 Å². The number of para-hydroxylation sites is 2. The van der Waals surface area contributed by atoms with Crippen LogP contribution in [0.25, 0.3) is 0 Å². The molecule has 0 atom stereocenters. The number of aromatic carboxylic acids is 1. The van der Waals surface area contributed by atoms with Crippen LogP contribution >= 0.6 is 0 Å². The fourth-order valence-corrected chi connectivity index (χ4v) is 1.13. The van der Waals surface area contributed by atoms with Gasteiger partial charge in [-0.25, -0.2) is 4.79 Å². The molecular formula is C13H12O5. The van der Waals surface area contributed by atoms with Gasteiger partial charge in [0.15, 0.2) is 11.5 Å². The molecule has 94 valence electrons. The van der Waals surface area contributed by atoms with Crippen molar-refractivity contribution < 1.29 is 25.2 Å². The van der Waals surface area contributed by atoms with Crippen molar-refractivity contribution in [2.24, 2.45) is 0 Å². The maximum atomic E-state index is 10.3. The Morgan fingerprint density at radius 2 is 1.44 bits per heavy atom. The number of phenolic OH excluding ortho intramolecular Hbond substituents is 2. The zero-order valence-electron chi connectivity index (χ0n) is 9.32. The van der Waals surface area contributed by atoms with E-state index >= 15 is 0 Å². The van der Waals surface area contributed by atoms with Crippen LogP contribution in [-0.2, 0) is 0 Å². The van der Waals surface area contributed by atoms with Gasteiger partial charge in [-0.3, -0.25) is 0 Å². The van der Waals surface area contributed by atoms with Gasteiger partial charge in [-0.15, -0.1) is 0 Å². The van der Waals surface area contributed by atoms with Crippen LogP contribution in [0.5, 0.6) is 17.2 Å². The van der Waals surface area contributed by atoms with E-state index in [0.29, 0.717) is 5.75 Å². The number of carboxylic acids is 1.